The average molecular weight is 473 g/mol. The maximum Gasteiger partial charge on any atom is 0.330 e. The Morgan fingerprint density at radius 1 is 1.09 bits per heavy atom. The van der Waals surface area contributed by atoms with Crippen LogP contribution in [0.1, 0.15) is 16.9 Å². The number of benzene rings is 2. The highest BCUT2D eigenvalue weighted by Gasteiger charge is 2.24. The normalized spacial score (nSPS) is 11.0. The van der Waals surface area contributed by atoms with Crippen LogP contribution >= 0.6 is 0 Å². The number of ether oxygens (including phenoxy) is 1. The highest BCUT2D eigenvalue weighted by Crippen LogP contribution is 2.23. The van der Waals surface area contributed by atoms with E-state index >= 15 is 0 Å². The van der Waals surface area contributed by atoms with Crippen molar-refractivity contribution < 1.29 is 13.9 Å². The number of nitrogen functional groups attached to an aromatic ring is 1. The predicted octanol–water partition coefficient (Wildman–Crippen LogP) is 3.02. The Morgan fingerprint density at radius 3 is 2.54 bits per heavy atom. The third-order valence-electron chi connectivity index (χ3n) is 5.37. The number of methoxy groups -OCH3 is 1. The maximum absolute atomic E-state index is 13.4. The van der Waals surface area contributed by atoms with Gasteiger partial charge in [-0.25, -0.2) is 4.79 Å². The van der Waals surface area contributed by atoms with Crippen LogP contribution in [0.2, 0.25) is 0 Å². The maximum atomic E-state index is 13.4. The zero-order valence-electron chi connectivity index (χ0n) is 19.0. The number of nitrogens with zero attached hydrogens (tertiary/aromatic N) is 2. The smallest absolute Gasteiger partial charge is 0.330 e. The van der Waals surface area contributed by atoms with E-state index < -0.39 is 17.2 Å². The standard InChI is InChI=1S/C26H24N4O5/c1-34-21-12-6-5-10-19(21)13-14-22(31)29(17-20-11-7-15-35-20)23-24(27)30(26(33)28-25(23)32)16-18-8-3-2-4-9-18/h2-15H,16-17,27H2,1H3,(H,28,32,33)/b14-13+. The SMILES string of the molecule is COc1ccccc1/C=C/C(=O)N(Cc1ccco1)c1c(N)n(Cc2ccccc2)c(=O)[nH]c1=O. The third kappa shape index (κ3) is 5.25. The van der Waals surface area contributed by atoms with Gasteiger partial charge in [-0.05, 0) is 29.8 Å². The Morgan fingerprint density at radius 2 is 1.83 bits per heavy atom. The van der Waals surface area contributed by atoms with Gasteiger partial charge in [0.05, 0.1) is 26.5 Å². The predicted molar refractivity (Wildman–Crippen MR) is 133 cm³/mol. The summed E-state index contributed by atoms with van der Waals surface area (Å²) in [6.45, 7) is 0.0496. The molecule has 0 bridgehead atoms. The van der Waals surface area contributed by atoms with E-state index in [0.29, 0.717) is 17.1 Å². The van der Waals surface area contributed by atoms with E-state index in [1.54, 1.807) is 30.3 Å². The molecule has 2 heterocycles. The minimum atomic E-state index is -0.776. The van der Waals surface area contributed by atoms with E-state index in [1.807, 2.05) is 42.5 Å². The van der Waals surface area contributed by atoms with Crippen molar-refractivity contribution in [2.75, 3.05) is 17.7 Å². The van der Waals surface area contributed by atoms with Gasteiger partial charge >= 0.3 is 5.69 Å². The molecule has 0 fully saturated rings. The number of H-pyrrole nitrogens is 1. The number of aromatic amines is 1. The lowest BCUT2D eigenvalue weighted by Crippen LogP contribution is -2.40. The molecule has 0 unspecified atom stereocenters. The molecule has 3 N–H and O–H groups in total. The van der Waals surface area contributed by atoms with E-state index in [2.05, 4.69) is 4.98 Å². The second-order valence-corrected chi connectivity index (χ2v) is 7.64. The monoisotopic (exact) mass is 472 g/mol. The number of para-hydroxylation sites is 1. The van der Waals surface area contributed by atoms with Gasteiger partial charge in [-0.15, -0.1) is 0 Å². The highest BCUT2D eigenvalue weighted by molar-refractivity contribution is 6.05. The second-order valence-electron chi connectivity index (χ2n) is 7.64. The first-order valence-electron chi connectivity index (χ1n) is 10.8. The molecule has 0 saturated carbocycles. The lowest BCUT2D eigenvalue weighted by Gasteiger charge is -2.22. The number of carbonyl (C=O) groups excluding carboxylic acids is 1. The average Bonchev–Trinajstić information content (AvgIpc) is 3.38. The number of hydrogen-bond donors (Lipinski definition) is 2. The van der Waals surface area contributed by atoms with Crippen molar-refractivity contribution in [2.24, 2.45) is 0 Å². The van der Waals surface area contributed by atoms with Crippen molar-refractivity contribution in [1.82, 2.24) is 9.55 Å². The molecule has 9 heteroatoms. The summed E-state index contributed by atoms with van der Waals surface area (Å²) in [5.41, 5.74) is 6.22. The van der Waals surface area contributed by atoms with Crippen LogP contribution in [0.4, 0.5) is 11.5 Å². The van der Waals surface area contributed by atoms with Gasteiger partial charge in [0.25, 0.3) is 11.5 Å². The molecule has 35 heavy (non-hydrogen) atoms. The minimum Gasteiger partial charge on any atom is -0.496 e. The van der Waals surface area contributed by atoms with Gasteiger partial charge in [-0.2, -0.15) is 0 Å². The molecular formula is C26H24N4O5. The molecule has 1 amide bonds. The molecule has 0 aliphatic carbocycles. The van der Waals surface area contributed by atoms with Crippen LogP contribution in [0.3, 0.4) is 0 Å². The first-order valence-corrected chi connectivity index (χ1v) is 10.8. The van der Waals surface area contributed by atoms with Crippen molar-refractivity contribution in [2.45, 2.75) is 13.1 Å². The van der Waals surface area contributed by atoms with Gasteiger partial charge < -0.3 is 14.9 Å². The Bertz CT molecular complexity index is 1450. The first kappa shape index (κ1) is 23.4. The van der Waals surface area contributed by atoms with Crippen molar-refractivity contribution in [3.05, 3.63) is 117 Å². The van der Waals surface area contributed by atoms with Gasteiger partial charge in [-0.3, -0.25) is 24.0 Å². The Balaban J connectivity index is 1.77. The Labute approximate surface area is 200 Å². The molecule has 0 aliphatic heterocycles. The number of amides is 1. The van der Waals surface area contributed by atoms with Crippen molar-refractivity contribution in [3.8, 4) is 5.75 Å². The largest absolute Gasteiger partial charge is 0.496 e. The fourth-order valence-electron chi connectivity index (χ4n) is 3.64. The van der Waals surface area contributed by atoms with Crippen LogP contribution in [-0.4, -0.2) is 22.6 Å². The van der Waals surface area contributed by atoms with Crippen LogP contribution in [0, 0.1) is 0 Å². The zero-order chi connectivity index (χ0) is 24.8. The summed E-state index contributed by atoms with van der Waals surface area (Å²) >= 11 is 0. The summed E-state index contributed by atoms with van der Waals surface area (Å²) in [7, 11) is 1.54. The van der Waals surface area contributed by atoms with Gasteiger partial charge in [0.15, 0.2) is 5.69 Å². The van der Waals surface area contributed by atoms with E-state index in [9.17, 15) is 14.4 Å². The zero-order valence-corrected chi connectivity index (χ0v) is 19.0. The molecule has 0 atom stereocenters. The van der Waals surface area contributed by atoms with Crippen molar-refractivity contribution >= 4 is 23.5 Å². The van der Waals surface area contributed by atoms with Gasteiger partial charge in [0.1, 0.15) is 17.3 Å². The van der Waals surface area contributed by atoms with Crippen molar-refractivity contribution in [1.29, 1.82) is 0 Å². The highest BCUT2D eigenvalue weighted by atomic mass is 16.5. The van der Waals surface area contributed by atoms with Crippen LogP contribution in [0.15, 0.2) is 93.1 Å². The summed E-state index contributed by atoms with van der Waals surface area (Å²) in [6, 6.07) is 19.7. The number of carbonyl (C=O) groups is 1. The van der Waals surface area contributed by atoms with E-state index in [4.69, 9.17) is 14.9 Å². The number of nitrogens with one attached hydrogen (secondary N) is 1. The van der Waals surface area contributed by atoms with Crippen LogP contribution < -0.4 is 26.6 Å². The summed E-state index contributed by atoms with van der Waals surface area (Å²) in [5, 5.41) is 0. The van der Waals surface area contributed by atoms with Gasteiger partial charge in [0.2, 0.25) is 0 Å². The van der Waals surface area contributed by atoms with Crippen LogP contribution in [0.25, 0.3) is 6.08 Å². The molecule has 0 radical (unpaired) electrons. The van der Waals surface area contributed by atoms with E-state index in [0.717, 1.165) is 5.56 Å². The van der Waals surface area contributed by atoms with Gasteiger partial charge in [0, 0.05) is 11.6 Å². The molecular weight excluding hydrogens is 448 g/mol. The van der Waals surface area contributed by atoms with Crippen LogP contribution in [-0.2, 0) is 17.9 Å². The van der Waals surface area contributed by atoms with Crippen molar-refractivity contribution in [3.63, 3.8) is 0 Å². The summed E-state index contributed by atoms with van der Waals surface area (Å²) in [6.07, 6.45) is 4.36. The van der Waals surface area contributed by atoms with Gasteiger partial charge in [-0.1, -0.05) is 48.5 Å². The summed E-state index contributed by atoms with van der Waals surface area (Å²) in [4.78, 5) is 42.3. The van der Waals surface area contributed by atoms with E-state index in [-0.39, 0.29) is 24.6 Å². The summed E-state index contributed by atoms with van der Waals surface area (Å²) in [5.74, 6) is 0.356. The van der Waals surface area contributed by atoms with Crippen LogP contribution in [0.5, 0.6) is 5.75 Å². The molecule has 9 nitrogen and oxygen atoms in total. The molecule has 2 aromatic heterocycles. The fraction of sp³-hybridized carbons (Fsp3) is 0.115. The molecule has 0 spiro atoms. The number of rotatable bonds is 8. The minimum absolute atomic E-state index is 0.0705. The fourth-order valence-corrected chi connectivity index (χ4v) is 3.64. The molecule has 0 saturated heterocycles. The molecule has 4 rings (SSSR count). The molecule has 4 aromatic rings. The topological polar surface area (TPSA) is 124 Å². The molecule has 0 aliphatic rings. The third-order valence-corrected chi connectivity index (χ3v) is 5.37. The quantitative estimate of drug-likeness (QED) is 0.380. The summed E-state index contributed by atoms with van der Waals surface area (Å²) < 4.78 is 12.0. The Hall–Kier alpha value is -4.79. The molecule has 2 aromatic carbocycles. The Kier molecular flexibility index (Phi) is 6.96. The van der Waals surface area contributed by atoms with E-state index in [1.165, 1.54) is 28.9 Å². The number of nitrogens with two attached hydrogens (primary N) is 1. The number of anilines is 2. The second kappa shape index (κ2) is 10.4. The number of hydrogen-bond acceptors (Lipinski definition) is 6. The lowest BCUT2D eigenvalue weighted by molar-refractivity contribution is -0.114. The number of aromatic nitrogens is 2. The number of furan rings is 1. The first-order chi connectivity index (χ1) is 17.0. The molecule has 178 valence electrons. The lowest BCUT2D eigenvalue weighted by atomic mass is 10.2.